The molecule has 3 rings (SSSR count). The molecule has 0 bridgehead atoms. The van der Waals surface area contributed by atoms with Crippen molar-refractivity contribution in [1.29, 1.82) is 0 Å². The highest BCUT2D eigenvalue weighted by Gasteiger charge is 2.25. The number of hydrogen-bond acceptors (Lipinski definition) is 5. The molecule has 3 heterocycles. The van der Waals surface area contributed by atoms with Crippen molar-refractivity contribution in [2.45, 2.75) is 25.5 Å². The predicted octanol–water partition coefficient (Wildman–Crippen LogP) is 2.16. The van der Waals surface area contributed by atoms with E-state index in [0.717, 1.165) is 37.7 Å². The van der Waals surface area contributed by atoms with E-state index in [-0.39, 0.29) is 11.9 Å². The molecule has 0 spiro atoms. The molecule has 27 heavy (non-hydrogen) atoms. The number of nitrogens with zero attached hydrogens (tertiary/aromatic N) is 3. The Morgan fingerprint density at radius 3 is 3.15 bits per heavy atom. The highest BCUT2D eigenvalue weighted by molar-refractivity contribution is 5.80. The van der Waals surface area contributed by atoms with E-state index in [1.807, 2.05) is 17.0 Å². The first kappa shape index (κ1) is 19.2. The summed E-state index contributed by atoms with van der Waals surface area (Å²) in [5, 5.41) is 6.67. The summed E-state index contributed by atoms with van der Waals surface area (Å²) in [7, 11) is 1.74. The molecular weight excluding hydrogens is 349 g/mol. The zero-order chi connectivity index (χ0) is 18.9. The molecule has 0 aliphatic carbocycles. The number of aliphatic imine (C=N–C) groups is 1. The van der Waals surface area contributed by atoms with Gasteiger partial charge in [0.25, 0.3) is 0 Å². The molecule has 8 heteroatoms. The highest BCUT2D eigenvalue weighted by atomic mass is 19.1. The van der Waals surface area contributed by atoms with Crippen LogP contribution in [0.5, 0.6) is 0 Å². The predicted molar refractivity (Wildman–Crippen MR) is 102 cm³/mol. The number of halogens is 1. The molecule has 1 aliphatic rings. The van der Waals surface area contributed by atoms with Crippen LogP contribution in [0.1, 0.15) is 18.6 Å². The van der Waals surface area contributed by atoms with Gasteiger partial charge in [-0.3, -0.25) is 4.99 Å². The minimum Gasteiger partial charge on any atom is -0.467 e. The van der Waals surface area contributed by atoms with Gasteiger partial charge in [0, 0.05) is 45.5 Å². The second kappa shape index (κ2) is 9.91. The number of pyridine rings is 1. The number of rotatable bonds is 8. The van der Waals surface area contributed by atoms with Crippen molar-refractivity contribution in [2.24, 2.45) is 4.99 Å². The van der Waals surface area contributed by atoms with Crippen molar-refractivity contribution >= 4 is 11.8 Å². The Kier molecular flexibility index (Phi) is 7.04. The minimum atomic E-state index is -0.282. The average Bonchev–Trinajstić information content (AvgIpc) is 3.36. The average molecular weight is 375 g/mol. The lowest BCUT2D eigenvalue weighted by Crippen LogP contribution is -2.45. The van der Waals surface area contributed by atoms with Gasteiger partial charge in [0.05, 0.1) is 6.26 Å². The molecule has 2 aromatic heterocycles. The Hall–Kier alpha value is -2.61. The third-order valence-corrected chi connectivity index (χ3v) is 4.37. The fraction of sp³-hybridized carbons (Fsp3) is 0.474. The second-order valence-electron chi connectivity index (χ2n) is 6.37. The molecule has 0 radical (unpaired) electrons. The van der Waals surface area contributed by atoms with Crippen LogP contribution >= 0.6 is 0 Å². The topological polar surface area (TPSA) is 74.9 Å². The van der Waals surface area contributed by atoms with Crippen LogP contribution in [-0.2, 0) is 11.3 Å². The van der Waals surface area contributed by atoms with Crippen LogP contribution in [0.4, 0.5) is 10.2 Å². The SMILES string of the molecule is CN=C(NCCCOCc1ccco1)NC1CCN(c2ncccc2F)C1. The summed E-state index contributed by atoms with van der Waals surface area (Å²) in [6.45, 7) is 3.34. The number of nitrogens with one attached hydrogen (secondary N) is 2. The van der Waals surface area contributed by atoms with Gasteiger partial charge in [-0.15, -0.1) is 0 Å². The van der Waals surface area contributed by atoms with Gasteiger partial charge in [0.15, 0.2) is 17.6 Å². The zero-order valence-electron chi connectivity index (χ0n) is 15.5. The van der Waals surface area contributed by atoms with Crippen molar-refractivity contribution in [3.8, 4) is 0 Å². The van der Waals surface area contributed by atoms with Gasteiger partial charge in [-0.1, -0.05) is 0 Å². The van der Waals surface area contributed by atoms with Crippen LogP contribution in [0.15, 0.2) is 46.1 Å². The van der Waals surface area contributed by atoms with Gasteiger partial charge in [0.2, 0.25) is 0 Å². The van der Waals surface area contributed by atoms with E-state index < -0.39 is 0 Å². The van der Waals surface area contributed by atoms with E-state index >= 15 is 0 Å². The fourth-order valence-electron chi connectivity index (χ4n) is 3.02. The quantitative estimate of drug-likeness (QED) is 0.418. The second-order valence-corrected chi connectivity index (χ2v) is 6.37. The summed E-state index contributed by atoms with van der Waals surface area (Å²) in [5.41, 5.74) is 0. The van der Waals surface area contributed by atoms with Gasteiger partial charge in [-0.25, -0.2) is 9.37 Å². The van der Waals surface area contributed by atoms with Gasteiger partial charge < -0.3 is 24.7 Å². The minimum absolute atomic E-state index is 0.202. The molecule has 0 saturated carbocycles. The fourth-order valence-corrected chi connectivity index (χ4v) is 3.02. The number of anilines is 1. The van der Waals surface area contributed by atoms with Crippen LogP contribution in [0.3, 0.4) is 0 Å². The summed E-state index contributed by atoms with van der Waals surface area (Å²) in [5.74, 6) is 1.71. The molecule has 2 N–H and O–H groups in total. The van der Waals surface area contributed by atoms with Gasteiger partial charge in [-0.05, 0) is 37.1 Å². The lowest BCUT2D eigenvalue weighted by atomic mass is 10.3. The molecule has 1 saturated heterocycles. The van der Waals surface area contributed by atoms with Crippen LogP contribution in [0.25, 0.3) is 0 Å². The maximum absolute atomic E-state index is 13.9. The normalized spacial score (nSPS) is 17.3. The Bertz CT molecular complexity index is 723. The van der Waals surface area contributed by atoms with E-state index in [9.17, 15) is 4.39 Å². The lowest BCUT2D eigenvalue weighted by molar-refractivity contribution is 0.105. The Morgan fingerprint density at radius 2 is 2.37 bits per heavy atom. The molecule has 2 aromatic rings. The molecule has 1 fully saturated rings. The third-order valence-electron chi connectivity index (χ3n) is 4.37. The van der Waals surface area contributed by atoms with E-state index in [1.54, 1.807) is 25.6 Å². The maximum atomic E-state index is 13.9. The number of guanidine groups is 1. The zero-order valence-corrected chi connectivity index (χ0v) is 15.5. The van der Waals surface area contributed by atoms with Crippen molar-refractivity contribution in [1.82, 2.24) is 15.6 Å². The Balaban J connectivity index is 1.34. The number of furan rings is 1. The van der Waals surface area contributed by atoms with E-state index in [2.05, 4.69) is 20.6 Å². The van der Waals surface area contributed by atoms with Crippen molar-refractivity contribution in [3.63, 3.8) is 0 Å². The summed E-state index contributed by atoms with van der Waals surface area (Å²) in [6.07, 6.45) is 5.02. The van der Waals surface area contributed by atoms with Crippen LogP contribution in [-0.4, -0.2) is 50.3 Å². The van der Waals surface area contributed by atoms with E-state index in [4.69, 9.17) is 9.15 Å². The summed E-state index contributed by atoms with van der Waals surface area (Å²) >= 11 is 0. The lowest BCUT2D eigenvalue weighted by Gasteiger charge is -2.20. The monoisotopic (exact) mass is 375 g/mol. The summed E-state index contributed by atoms with van der Waals surface area (Å²) in [6, 6.07) is 6.99. The molecule has 146 valence electrons. The Labute approximate surface area is 158 Å². The highest BCUT2D eigenvalue weighted by Crippen LogP contribution is 2.20. The first-order valence-corrected chi connectivity index (χ1v) is 9.19. The van der Waals surface area contributed by atoms with Crippen LogP contribution in [0.2, 0.25) is 0 Å². The summed E-state index contributed by atoms with van der Waals surface area (Å²) < 4.78 is 24.7. The third kappa shape index (κ3) is 5.68. The first-order valence-electron chi connectivity index (χ1n) is 9.19. The van der Waals surface area contributed by atoms with Crippen LogP contribution in [0, 0.1) is 5.82 Å². The molecule has 1 aliphatic heterocycles. The standard InChI is InChI=1S/C19H26FN5O2/c1-21-19(23-9-4-11-26-14-16-5-3-12-27-16)24-15-7-10-25(13-15)18-17(20)6-2-8-22-18/h2-3,5-6,8,12,15H,4,7,9-11,13-14H2,1H3,(H2,21,23,24). The molecule has 0 amide bonds. The van der Waals surface area contributed by atoms with Crippen LogP contribution < -0.4 is 15.5 Å². The van der Waals surface area contributed by atoms with Crippen molar-refractivity contribution in [3.05, 3.63) is 48.3 Å². The first-order chi connectivity index (χ1) is 13.3. The number of hydrogen-bond donors (Lipinski definition) is 2. The van der Waals surface area contributed by atoms with Gasteiger partial charge in [-0.2, -0.15) is 0 Å². The van der Waals surface area contributed by atoms with Crippen molar-refractivity contribution in [2.75, 3.05) is 38.2 Å². The largest absolute Gasteiger partial charge is 0.467 e. The molecule has 1 unspecified atom stereocenters. The molecule has 7 nitrogen and oxygen atoms in total. The smallest absolute Gasteiger partial charge is 0.191 e. The molecule has 0 aromatic carbocycles. The molecule has 1 atom stereocenters. The molecular formula is C19H26FN5O2. The maximum Gasteiger partial charge on any atom is 0.191 e. The Morgan fingerprint density at radius 1 is 1.44 bits per heavy atom. The summed E-state index contributed by atoms with van der Waals surface area (Å²) in [4.78, 5) is 10.4. The van der Waals surface area contributed by atoms with Gasteiger partial charge in [0.1, 0.15) is 12.4 Å². The van der Waals surface area contributed by atoms with E-state index in [1.165, 1.54) is 6.07 Å². The van der Waals surface area contributed by atoms with Gasteiger partial charge >= 0.3 is 0 Å². The number of ether oxygens (including phenoxy) is 1. The number of aromatic nitrogens is 1. The van der Waals surface area contributed by atoms with Crippen molar-refractivity contribution < 1.29 is 13.5 Å². The van der Waals surface area contributed by atoms with E-state index in [0.29, 0.717) is 25.6 Å².